The minimum Gasteiger partial charge on any atom is -0.460 e. The zero-order valence-electron chi connectivity index (χ0n) is 11.7. The van der Waals surface area contributed by atoms with E-state index in [0.29, 0.717) is 26.2 Å². The lowest BCUT2D eigenvalue weighted by molar-refractivity contribution is -0.156. The molecule has 0 radical (unpaired) electrons. The van der Waals surface area contributed by atoms with Crippen LogP contribution >= 0.6 is 0 Å². The third-order valence-electron chi connectivity index (χ3n) is 2.58. The second-order valence-corrected chi connectivity index (χ2v) is 5.50. The van der Waals surface area contributed by atoms with Crippen molar-refractivity contribution in [2.75, 3.05) is 32.8 Å². The fraction of sp³-hybridized carbons (Fsp3) is 0.917. The Hall–Kier alpha value is -0.690. The Bertz CT molecular complexity index is 239. The van der Waals surface area contributed by atoms with Crippen molar-refractivity contribution in [3.05, 3.63) is 0 Å². The molecule has 6 nitrogen and oxygen atoms in total. The molecule has 0 aromatic rings. The van der Waals surface area contributed by atoms with Crippen molar-refractivity contribution in [3.8, 4) is 0 Å². The molecule has 18 heavy (non-hydrogen) atoms. The van der Waals surface area contributed by atoms with Crippen LogP contribution in [0.2, 0.25) is 0 Å². The minimum atomic E-state index is -0.466. The molecular formula is C12H27N3O3. The molecular weight excluding hydrogens is 234 g/mol. The Kier molecular flexibility index (Phi) is 7.39. The summed E-state index contributed by atoms with van der Waals surface area (Å²) in [6.45, 7) is 7.23. The van der Waals surface area contributed by atoms with E-state index in [-0.39, 0.29) is 19.0 Å². The summed E-state index contributed by atoms with van der Waals surface area (Å²) in [5, 5.41) is 0. The van der Waals surface area contributed by atoms with E-state index >= 15 is 0 Å². The molecule has 0 rings (SSSR count). The molecule has 0 saturated heterocycles. The van der Waals surface area contributed by atoms with Crippen molar-refractivity contribution < 1.29 is 14.3 Å². The molecule has 108 valence electrons. The summed E-state index contributed by atoms with van der Waals surface area (Å²) >= 11 is 0. The second kappa shape index (κ2) is 7.68. The van der Waals surface area contributed by atoms with Gasteiger partial charge in [-0.1, -0.05) is 0 Å². The minimum absolute atomic E-state index is 0.215. The number of rotatable bonds is 8. The number of carbonyl (C=O) groups excluding carboxylic acids is 1. The normalized spacial score (nSPS) is 12.6. The first-order chi connectivity index (χ1) is 8.28. The number of esters is 1. The van der Waals surface area contributed by atoms with Gasteiger partial charge in [0.05, 0.1) is 19.6 Å². The van der Waals surface area contributed by atoms with E-state index in [0.717, 1.165) is 0 Å². The maximum Gasteiger partial charge on any atom is 0.308 e. The highest BCUT2D eigenvalue weighted by atomic mass is 16.6. The van der Waals surface area contributed by atoms with Crippen LogP contribution in [-0.2, 0) is 14.3 Å². The summed E-state index contributed by atoms with van der Waals surface area (Å²) in [4.78, 5) is 11.4. The molecule has 0 aliphatic rings. The van der Waals surface area contributed by atoms with Crippen molar-refractivity contribution in [1.82, 2.24) is 0 Å². The lowest BCUT2D eigenvalue weighted by Crippen LogP contribution is -2.47. The molecule has 0 amide bonds. The van der Waals surface area contributed by atoms with Gasteiger partial charge in [-0.15, -0.1) is 0 Å². The lowest BCUT2D eigenvalue weighted by Gasteiger charge is -2.29. The Morgan fingerprint density at radius 2 is 1.56 bits per heavy atom. The van der Waals surface area contributed by atoms with Crippen LogP contribution in [0.4, 0.5) is 0 Å². The van der Waals surface area contributed by atoms with Crippen LogP contribution in [-0.4, -0.2) is 44.4 Å². The van der Waals surface area contributed by atoms with E-state index in [9.17, 15) is 4.79 Å². The third-order valence-corrected chi connectivity index (χ3v) is 2.58. The first-order valence-electron chi connectivity index (χ1n) is 6.18. The van der Waals surface area contributed by atoms with E-state index in [2.05, 4.69) is 0 Å². The number of nitrogens with two attached hydrogens (primary N) is 3. The van der Waals surface area contributed by atoms with Gasteiger partial charge >= 0.3 is 5.97 Å². The highest BCUT2D eigenvalue weighted by molar-refractivity contribution is 5.69. The average Bonchev–Trinajstić information content (AvgIpc) is 2.28. The number of hydrogen-bond donors (Lipinski definition) is 3. The van der Waals surface area contributed by atoms with E-state index in [1.165, 1.54) is 0 Å². The summed E-state index contributed by atoms with van der Waals surface area (Å²) in [6.07, 6.45) is 0.215. The molecule has 0 saturated carbocycles. The van der Waals surface area contributed by atoms with Gasteiger partial charge in [-0.3, -0.25) is 4.79 Å². The quantitative estimate of drug-likeness (QED) is 0.404. The fourth-order valence-corrected chi connectivity index (χ4v) is 1.26. The number of hydrogen-bond acceptors (Lipinski definition) is 6. The Labute approximate surface area is 109 Å². The van der Waals surface area contributed by atoms with E-state index < -0.39 is 11.0 Å². The Morgan fingerprint density at radius 1 is 1.06 bits per heavy atom. The highest BCUT2D eigenvalue weighted by Gasteiger charge is 2.25. The van der Waals surface area contributed by atoms with Crippen LogP contribution < -0.4 is 17.2 Å². The second-order valence-electron chi connectivity index (χ2n) is 5.50. The largest absolute Gasteiger partial charge is 0.460 e. The SMILES string of the molecule is CC(C)(C)OC(=O)CCOCC(CN)(CN)CN. The predicted octanol–water partition coefficient (Wildman–Crippen LogP) is -0.403. The summed E-state index contributed by atoms with van der Waals surface area (Å²) < 4.78 is 10.6. The molecule has 0 bridgehead atoms. The van der Waals surface area contributed by atoms with Gasteiger partial charge in [0, 0.05) is 25.0 Å². The molecule has 0 aliphatic heterocycles. The monoisotopic (exact) mass is 261 g/mol. The van der Waals surface area contributed by atoms with Gasteiger partial charge in [0.25, 0.3) is 0 Å². The summed E-state index contributed by atoms with van der Waals surface area (Å²) in [5.74, 6) is -0.277. The molecule has 0 fully saturated rings. The number of ether oxygens (including phenoxy) is 2. The molecule has 0 spiro atoms. The molecule has 6 N–H and O–H groups in total. The van der Waals surface area contributed by atoms with Gasteiger partial charge in [-0.2, -0.15) is 0 Å². The molecule has 0 unspecified atom stereocenters. The molecule has 0 aromatic carbocycles. The summed E-state index contributed by atoms with van der Waals surface area (Å²) in [5.41, 5.74) is 16.0. The number of carbonyl (C=O) groups is 1. The smallest absolute Gasteiger partial charge is 0.308 e. The maximum atomic E-state index is 11.4. The van der Waals surface area contributed by atoms with Crippen molar-refractivity contribution >= 4 is 5.97 Å². The van der Waals surface area contributed by atoms with Crippen LogP contribution in [0.5, 0.6) is 0 Å². The van der Waals surface area contributed by atoms with Gasteiger partial charge in [-0.25, -0.2) is 0 Å². The first kappa shape index (κ1) is 17.3. The Morgan fingerprint density at radius 3 is 1.94 bits per heavy atom. The van der Waals surface area contributed by atoms with Gasteiger partial charge in [-0.05, 0) is 20.8 Å². The third kappa shape index (κ3) is 6.90. The molecule has 0 heterocycles. The van der Waals surface area contributed by atoms with Crippen molar-refractivity contribution in [1.29, 1.82) is 0 Å². The molecule has 0 aromatic heterocycles. The van der Waals surface area contributed by atoms with E-state index in [4.69, 9.17) is 26.7 Å². The fourth-order valence-electron chi connectivity index (χ4n) is 1.26. The highest BCUT2D eigenvalue weighted by Crippen LogP contribution is 2.12. The molecule has 6 heteroatoms. The van der Waals surface area contributed by atoms with Gasteiger partial charge in [0.1, 0.15) is 5.60 Å². The van der Waals surface area contributed by atoms with Gasteiger partial charge in [0.15, 0.2) is 0 Å². The predicted molar refractivity (Wildman–Crippen MR) is 70.9 cm³/mol. The van der Waals surface area contributed by atoms with Crippen LogP contribution in [0.1, 0.15) is 27.2 Å². The topological polar surface area (TPSA) is 114 Å². The Balaban J connectivity index is 3.89. The van der Waals surface area contributed by atoms with Crippen LogP contribution in [0, 0.1) is 5.41 Å². The maximum absolute atomic E-state index is 11.4. The zero-order valence-corrected chi connectivity index (χ0v) is 11.7. The van der Waals surface area contributed by atoms with E-state index in [1.807, 2.05) is 20.8 Å². The van der Waals surface area contributed by atoms with Gasteiger partial charge in [0.2, 0.25) is 0 Å². The molecule has 0 aliphatic carbocycles. The van der Waals surface area contributed by atoms with Crippen LogP contribution in [0.3, 0.4) is 0 Å². The van der Waals surface area contributed by atoms with Crippen molar-refractivity contribution in [2.24, 2.45) is 22.6 Å². The van der Waals surface area contributed by atoms with Crippen molar-refractivity contribution in [3.63, 3.8) is 0 Å². The standard InChI is InChI=1S/C12H27N3O3/c1-11(2,3)18-10(16)4-5-17-9-12(6-13,7-14)8-15/h4-9,13-15H2,1-3H3. The van der Waals surface area contributed by atoms with Crippen LogP contribution in [0.15, 0.2) is 0 Å². The average molecular weight is 261 g/mol. The van der Waals surface area contributed by atoms with Crippen LogP contribution in [0.25, 0.3) is 0 Å². The summed E-state index contributed by atoms with van der Waals surface area (Å²) in [7, 11) is 0. The lowest BCUT2D eigenvalue weighted by atomic mass is 9.89. The molecule has 0 atom stereocenters. The van der Waals surface area contributed by atoms with E-state index in [1.54, 1.807) is 0 Å². The first-order valence-corrected chi connectivity index (χ1v) is 6.18. The summed E-state index contributed by atoms with van der Waals surface area (Å²) in [6, 6.07) is 0. The zero-order chi connectivity index (χ0) is 14.2. The van der Waals surface area contributed by atoms with Crippen molar-refractivity contribution in [2.45, 2.75) is 32.8 Å². The van der Waals surface area contributed by atoms with Gasteiger partial charge < -0.3 is 26.7 Å².